The maximum Gasteiger partial charge on any atom is 0.337 e. The van der Waals surface area contributed by atoms with Gasteiger partial charge in [-0.25, -0.2) is 9.78 Å². The third-order valence-corrected chi connectivity index (χ3v) is 4.28. The minimum Gasteiger partial charge on any atom is -0.465 e. The molecule has 0 radical (unpaired) electrons. The van der Waals surface area contributed by atoms with Crippen molar-refractivity contribution < 1.29 is 14.6 Å². The van der Waals surface area contributed by atoms with E-state index in [4.69, 9.17) is 9.72 Å². The summed E-state index contributed by atoms with van der Waals surface area (Å²) in [5.74, 6) is 0.523. The van der Waals surface area contributed by atoms with Crippen molar-refractivity contribution in [3.63, 3.8) is 0 Å². The molecule has 0 saturated carbocycles. The molecule has 6 heteroatoms. The first-order valence-electron chi connectivity index (χ1n) is 8.15. The van der Waals surface area contributed by atoms with Gasteiger partial charge >= 0.3 is 5.97 Å². The van der Waals surface area contributed by atoms with Gasteiger partial charge in [-0.2, -0.15) is 0 Å². The summed E-state index contributed by atoms with van der Waals surface area (Å²) in [6.07, 6.45) is 2.50. The fourth-order valence-electron chi connectivity index (χ4n) is 3.18. The first-order chi connectivity index (χ1) is 11.1. The van der Waals surface area contributed by atoms with E-state index < -0.39 is 0 Å². The second kappa shape index (κ2) is 6.58. The predicted octanol–water partition coefficient (Wildman–Crippen LogP) is 2.19. The zero-order valence-corrected chi connectivity index (χ0v) is 13.7. The van der Waals surface area contributed by atoms with Crippen LogP contribution in [0.4, 0.5) is 5.95 Å². The van der Waals surface area contributed by atoms with Crippen LogP contribution in [0.15, 0.2) is 18.2 Å². The van der Waals surface area contributed by atoms with Crippen LogP contribution in [0, 0.1) is 0 Å². The van der Waals surface area contributed by atoms with E-state index in [1.54, 1.807) is 12.1 Å². The van der Waals surface area contributed by atoms with Crippen LogP contribution in [0.2, 0.25) is 0 Å². The van der Waals surface area contributed by atoms with Gasteiger partial charge in [0.15, 0.2) is 0 Å². The SMILES string of the molecule is CCCn1c(N2CCCC(O)C2)nc2cc(C(=O)OC)ccc21. The fourth-order valence-corrected chi connectivity index (χ4v) is 3.18. The molecule has 2 aromatic rings. The number of β-amino-alcohol motifs (C(OH)–C–C–N with tert-alkyl or cyclic N) is 1. The molecular formula is C17H23N3O3. The lowest BCUT2D eigenvalue weighted by atomic mass is 10.1. The van der Waals surface area contributed by atoms with E-state index in [1.165, 1.54) is 7.11 Å². The molecule has 1 aromatic heterocycles. The summed E-state index contributed by atoms with van der Waals surface area (Å²) in [5, 5.41) is 9.95. The summed E-state index contributed by atoms with van der Waals surface area (Å²) in [6, 6.07) is 5.47. The standard InChI is InChI=1S/C17H23N3O3/c1-3-8-20-15-7-6-12(16(22)23-2)10-14(15)18-17(20)19-9-4-5-13(21)11-19/h6-7,10,13,21H,3-5,8-9,11H2,1-2H3. The molecule has 1 unspecified atom stereocenters. The molecule has 124 valence electrons. The van der Waals surface area contributed by atoms with Gasteiger partial charge < -0.3 is 19.3 Å². The molecule has 2 heterocycles. The Hall–Kier alpha value is -2.08. The Morgan fingerprint density at radius 3 is 3.00 bits per heavy atom. The van der Waals surface area contributed by atoms with Crippen molar-refractivity contribution in [3.05, 3.63) is 23.8 Å². The van der Waals surface area contributed by atoms with Crippen LogP contribution < -0.4 is 4.90 Å². The van der Waals surface area contributed by atoms with Gasteiger partial charge in [0.05, 0.1) is 29.8 Å². The number of imidazole rings is 1. The highest BCUT2D eigenvalue weighted by Crippen LogP contribution is 2.26. The van der Waals surface area contributed by atoms with E-state index in [0.717, 1.165) is 49.3 Å². The van der Waals surface area contributed by atoms with Crippen LogP contribution in [0.1, 0.15) is 36.5 Å². The number of benzene rings is 1. The lowest BCUT2D eigenvalue weighted by Crippen LogP contribution is -2.39. The molecule has 0 spiro atoms. The number of ether oxygens (including phenoxy) is 1. The monoisotopic (exact) mass is 317 g/mol. The van der Waals surface area contributed by atoms with Gasteiger partial charge in [-0.3, -0.25) is 0 Å². The first kappa shape index (κ1) is 15.8. The normalized spacial score (nSPS) is 18.4. The summed E-state index contributed by atoms with van der Waals surface area (Å²) in [4.78, 5) is 18.6. The molecule has 1 aliphatic rings. The number of carbonyl (C=O) groups excluding carboxylic acids is 1. The van der Waals surface area contributed by atoms with Crippen molar-refractivity contribution >= 4 is 23.0 Å². The zero-order chi connectivity index (χ0) is 16.4. The lowest BCUT2D eigenvalue weighted by molar-refractivity contribution is 0.0601. The highest BCUT2D eigenvalue weighted by atomic mass is 16.5. The highest BCUT2D eigenvalue weighted by Gasteiger charge is 2.23. The van der Waals surface area contributed by atoms with E-state index in [-0.39, 0.29) is 12.1 Å². The maximum atomic E-state index is 11.7. The molecule has 0 aliphatic carbocycles. The number of carbonyl (C=O) groups is 1. The molecule has 1 fully saturated rings. The average molecular weight is 317 g/mol. The first-order valence-corrected chi connectivity index (χ1v) is 8.15. The summed E-state index contributed by atoms with van der Waals surface area (Å²) in [5.41, 5.74) is 2.30. The number of methoxy groups -OCH3 is 1. The topological polar surface area (TPSA) is 67.6 Å². The molecular weight excluding hydrogens is 294 g/mol. The Morgan fingerprint density at radius 2 is 2.30 bits per heavy atom. The third-order valence-electron chi connectivity index (χ3n) is 4.28. The van der Waals surface area contributed by atoms with Crippen molar-refractivity contribution in [2.45, 2.75) is 38.8 Å². The molecule has 1 N–H and O–H groups in total. The van der Waals surface area contributed by atoms with Gasteiger partial charge in [0.25, 0.3) is 0 Å². The quantitative estimate of drug-likeness (QED) is 0.876. The predicted molar refractivity (Wildman–Crippen MR) is 88.8 cm³/mol. The van der Waals surface area contributed by atoms with Gasteiger partial charge in [-0.05, 0) is 37.5 Å². The molecule has 6 nitrogen and oxygen atoms in total. The van der Waals surface area contributed by atoms with E-state index in [2.05, 4.69) is 16.4 Å². The van der Waals surface area contributed by atoms with Gasteiger partial charge in [0.1, 0.15) is 0 Å². The number of hydrogen-bond acceptors (Lipinski definition) is 5. The Bertz CT molecular complexity index is 710. The number of aliphatic hydroxyl groups is 1. The summed E-state index contributed by atoms with van der Waals surface area (Å²) >= 11 is 0. The second-order valence-corrected chi connectivity index (χ2v) is 6.00. The van der Waals surface area contributed by atoms with E-state index >= 15 is 0 Å². The Labute approximate surface area is 135 Å². The molecule has 0 bridgehead atoms. The number of fused-ring (bicyclic) bond motifs is 1. The number of hydrogen-bond donors (Lipinski definition) is 1. The minimum atomic E-state index is -0.355. The van der Waals surface area contributed by atoms with E-state index in [1.807, 2.05) is 6.07 Å². The van der Waals surface area contributed by atoms with Crippen LogP contribution in [-0.2, 0) is 11.3 Å². The summed E-state index contributed by atoms with van der Waals surface area (Å²) in [7, 11) is 1.38. The van der Waals surface area contributed by atoms with Crippen molar-refractivity contribution in [1.29, 1.82) is 0 Å². The van der Waals surface area contributed by atoms with Crippen LogP contribution in [0.5, 0.6) is 0 Å². The molecule has 1 saturated heterocycles. The number of esters is 1. The Balaban J connectivity index is 2.05. The van der Waals surface area contributed by atoms with Crippen molar-refractivity contribution in [2.75, 3.05) is 25.1 Å². The average Bonchev–Trinajstić information content (AvgIpc) is 2.92. The fraction of sp³-hybridized carbons (Fsp3) is 0.529. The molecule has 1 atom stereocenters. The minimum absolute atomic E-state index is 0.302. The summed E-state index contributed by atoms with van der Waals surface area (Å²) < 4.78 is 6.96. The molecule has 23 heavy (non-hydrogen) atoms. The molecule has 1 aliphatic heterocycles. The molecule has 3 rings (SSSR count). The largest absolute Gasteiger partial charge is 0.465 e. The third kappa shape index (κ3) is 3.03. The smallest absolute Gasteiger partial charge is 0.337 e. The van der Waals surface area contributed by atoms with Crippen LogP contribution in [-0.4, -0.2) is 46.9 Å². The summed E-state index contributed by atoms with van der Waals surface area (Å²) in [6.45, 7) is 4.49. The second-order valence-electron chi connectivity index (χ2n) is 6.00. The number of rotatable bonds is 4. The highest BCUT2D eigenvalue weighted by molar-refractivity contribution is 5.94. The number of aryl methyl sites for hydroxylation is 1. The van der Waals surface area contributed by atoms with Gasteiger partial charge in [-0.1, -0.05) is 6.92 Å². The van der Waals surface area contributed by atoms with Gasteiger partial charge in [0.2, 0.25) is 5.95 Å². The molecule has 0 amide bonds. The van der Waals surface area contributed by atoms with Crippen LogP contribution in [0.25, 0.3) is 11.0 Å². The number of aliphatic hydroxyl groups excluding tert-OH is 1. The van der Waals surface area contributed by atoms with Crippen molar-refractivity contribution in [3.8, 4) is 0 Å². The van der Waals surface area contributed by atoms with Gasteiger partial charge in [0, 0.05) is 19.6 Å². The van der Waals surface area contributed by atoms with Gasteiger partial charge in [-0.15, -0.1) is 0 Å². The molecule has 1 aromatic carbocycles. The van der Waals surface area contributed by atoms with E-state index in [0.29, 0.717) is 12.1 Å². The van der Waals surface area contributed by atoms with Crippen molar-refractivity contribution in [2.24, 2.45) is 0 Å². The number of nitrogens with zero attached hydrogens (tertiary/aromatic N) is 3. The Kier molecular flexibility index (Phi) is 4.52. The van der Waals surface area contributed by atoms with Crippen LogP contribution >= 0.6 is 0 Å². The Morgan fingerprint density at radius 1 is 1.48 bits per heavy atom. The van der Waals surface area contributed by atoms with Crippen molar-refractivity contribution in [1.82, 2.24) is 9.55 Å². The number of aromatic nitrogens is 2. The number of anilines is 1. The maximum absolute atomic E-state index is 11.7. The lowest BCUT2D eigenvalue weighted by Gasteiger charge is -2.31. The zero-order valence-electron chi connectivity index (χ0n) is 13.7. The van der Waals surface area contributed by atoms with E-state index in [9.17, 15) is 9.90 Å². The number of piperidine rings is 1. The van der Waals surface area contributed by atoms with Crippen LogP contribution in [0.3, 0.4) is 0 Å².